The number of hydrogen-bond donors (Lipinski definition) is 0. The minimum Gasteiger partial charge on any atom is -0.456 e. The van der Waals surface area contributed by atoms with E-state index in [9.17, 15) is 9.59 Å². The number of carbonyl (C=O) groups is 2. The van der Waals surface area contributed by atoms with Gasteiger partial charge in [0.15, 0.2) is 5.78 Å². The third kappa shape index (κ3) is 4.66. The van der Waals surface area contributed by atoms with Crippen LogP contribution in [0.2, 0.25) is 10.0 Å². The Morgan fingerprint density at radius 1 is 1.20 bits per heavy atom. The molecule has 0 saturated carbocycles. The first kappa shape index (κ1) is 16.7. The zero-order valence-electron chi connectivity index (χ0n) is 11.8. The van der Waals surface area contributed by atoms with Crippen molar-refractivity contribution >= 4 is 41.0 Å². The highest BCUT2D eigenvalue weighted by Crippen LogP contribution is 2.27. The smallest absolute Gasteiger partial charge is 0.342 e. The van der Waals surface area contributed by atoms with Gasteiger partial charge in [0.2, 0.25) is 0 Å². The van der Waals surface area contributed by atoms with Crippen molar-refractivity contribution in [3.05, 3.63) is 39.4 Å². The van der Waals surface area contributed by atoms with E-state index >= 15 is 0 Å². The number of carbonyl (C=O) groups excluding carboxylic acids is 2. The fourth-order valence-electron chi connectivity index (χ4n) is 1.42. The van der Waals surface area contributed by atoms with Crippen LogP contribution in [0.1, 0.15) is 33.3 Å². The van der Waals surface area contributed by atoms with Crippen LogP contribution in [0.15, 0.2) is 23.8 Å². The third-order valence-corrected chi connectivity index (χ3v) is 3.11. The predicted octanol–water partition coefficient (Wildman–Crippen LogP) is 4.31. The average Bonchev–Trinajstić information content (AvgIpc) is 2.28. The molecular formula is C15H16Cl2O3. The van der Waals surface area contributed by atoms with Crippen LogP contribution in [-0.2, 0) is 14.3 Å². The molecule has 0 aliphatic carbocycles. The molecule has 1 aromatic carbocycles. The number of esters is 1. The van der Waals surface area contributed by atoms with Gasteiger partial charge in [-0.2, -0.15) is 0 Å². The van der Waals surface area contributed by atoms with Gasteiger partial charge < -0.3 is 4.74 Å². The summed E-state index contributed by atoms with van der Waals surface area (Å²) < 4.78 is 5.20. The molecule has 0 radical (unpaired) electrons. The Kier molecular flexibility index (Phi) is 5.37. The molecule has 0 unspecified atom stereocenters. The van der Waals surface area contributed by atoms with Gasteiger partial charge in [0.1, 0.15) is 11.2 Å². The fourth-order valence-corrected chi connectivity index (χ4v) is 1.79. The lowest BCUT2D eigenvalue weighted by atomic mass is 10.1. The molecule has 0 bridgehead atoms. The number of rotatable bonds is 3. The second-order valence-electron chi connectivity index (χ2n) is 5.26. The van der Waals surface area contributed by atoms with E-state index in [1.807, 2.05) is 0 Å². The Labute approximate surface area is 128 Å². The Hall–Kier alpha value is -1.32. The van der Waals surface area contributed by atoms with E-state index in [0.29, 0.717) is 10.6 Å². The largest absolute Gasteiger partial charge is 0.456 e. The van der Waals surface area contributed by atoms with Crippen molar-refractivity contribution < 1.29 is 14.3 Å². The molecule has 0 spiro atoms. The quantitative estimate of drug-likeness (QED) is 0.361. The monoisotopic (exact) mass is 314 g/mol. The fraction of sp³-hybridized carbons (Fsp3) is 0.333. The van der Waals surface area contributed by atoms with E-state index in [4.69, 9.17) is 27.9 Å². The molecule has 0 aliphatic rings. The number of ketones is 1. The molecular weight excluding hydrogens is 299 g/mol. The minimum atomic E-state index is -0.680. The van der Waals surface area contributed by atoms with Gasteiger partial charge in [-0.1, -0.05) is 35.3 Å². The van der Waals surface area contributed by atoms with Gasteiger partial charge in [-0.25, -0.2) is 4.79 Å². The second kappa shape index (κ2) is 6.42. The van der Waals surface area contributed by atoms with Crippen molar-refractivity contribution in [2.75, 3.05) is 0 Å². The van der Waals surface area contributed by atoms with Crippen LogP contribution < -0.4 is 0 Å². The molecule has 0 saturated heterocycles. The zero-order chi connectivity index (χ0) is 15.5. The van der Waals surface area contributed by atoms with E-state index in [-0.39, 0.29) is 10.6 Å². The molecule has 0 heterocycles. The number of halogens is 2. The van der Waals surface area contributed by atoms with Crippen LogP contribution in [-0.4, -0.2) is 17.4 Å². The van der Waals surface area contributed by atoms with Crippen LogP contribution in [0.4, 0.5) is 0 Å². The van der Waals surface area contributed by atoms with Crippen molar-refractivity contribution in [3.63, 3.8) is 0 Å². The maximum atomic E-state index is 12.0. The maximum Gasteiger partial charge on any atom is 0.342 e. The highest BCUT2D eigenvalue weighted by Gasteiger charge is 2.23. The average molecular weight is 315 g/mol. The van der Waals surface area contributed by atoms with E-state index in [2.05, 4.69) is 0 Å². The molecule has 3 nitrogen and oxygen atoms in total. The molecule has 20 heavy (non-hydrogen) atoms. The Morgan fingerprint density at radius 2 is 1.80 bits per heavy atom. The van der Waals surface area contributed by atoms with Gasteiger partial charge in [0, 0.05) is 0 Å². The van der Waals surface area contributed by atoms with Crippen LogP contribution in [0.3, 0.4) is 0 Å². The molecule has 108 valence electrons. The minimum absolute atomic E-state index is 0.0657. The van der Waals surface area contributed by atoms with E-state index < -0.39 is 17.4 Å². The van der Waals surface area contributed by atoms with E-state index in [1.165, 1.54) is 13.0 Å². The molecule has 0 aromatic heterocycles. The topological polar surface area (TPSA) is 43.4 Å². The van der Waals surface area contributed by atoms with Gasteiger partial charge in [-0.3, -0.25) is 4.79 Å². The Balaban J connectivity index is 3.21. The SMILES string of the molecule is CC(=O)/C(=C\c1cccc(Cl)c1Cl)C(=O)OC(C)(C)C. The number of ether oxygens (including phenoxy) is 1. The molecule has 0 N–H and O–H groups in total. The van der Waals surface area contributed by atoms with Crippen LogP contribution in [0.25, 0.3) is 6.08 Å². The number of Topliss-reactive ketones (excluding diaryl/α,β-unsaturated/α-hetero) is 1. The first-order valence-corrected chi connectivity index (χ1v) is 6.77. The van der Waals surface area contributed by atoms with Gasteiger partial charge in [0.25, 0.3) is 0 Å². The molecule has 5 heteroatoms. The lowest BCUT2D eigenvalue weighted by molar-refractivity contribution is -0.150. The zero-order valence-corrected chi connectivity index (χ0v) is 13.3. The number of hydrogen-bond acceptors (Lipinski definition) is 3. The Morgan fingerprint density at radius 3 is 2.30 bits per heavy atom. The van der Waals surface area contributed by atoms with Gasteiger partial charge in [-0.05, 0) is 45.4 Å². The molecule has 1 rings (SSSR count). The standard InChI is InChI=1S/C15H16Cl2O3/c1-9(18)11(14(19)20-15(2,3)4)8-10-6-5-7-12(16)13(10)17/h5-8H,1-4H3/b11-8+. The summed E-state index contributed by atoms with van der Waals surface area (Å²) in [5, 5.41) is 0.643. The van der Waals surface area contributed by atoms with Gasteiger partial charge in [0.05, 0.1) is 10.0 Å². The van der Waals surface area contributed by atoms with Crippen molar-refractivity contribution in [1.82, 2.24) is 0 Å². The Bertz CT molecular complexity index is 569. The molecule has 0 amide bonds. The predicted molar refractivity (Wildman–Crippen MR) is 81.0 cm³/mol. The molecule has 0 aliphatic heterocycles. The van der Waals surface area contributed by atoms with Gasteiger partial charge >= 0.3 is 5.97 Å². The van der Waals surface area contributed by atoms with Crippen molar-refractivity contribution in [2.24, 2.45) is 0 Å². The second-order valence-corrected chi connectivity index (χ2v) is 6.04. The lowest BCUT2D eigenvalue weighted by Gasteiger charge is -2.20. The normalized spacial score (nSPS) is 12.2. The summed E-state index contributed by atoms with van der Waals surface area (Å²) in [6.07, 6.45) is 1.39. The van der Waals surface area contributed by atoms with Crippen LogP contribution in [0.5, 0.6) is 0 Å². The summed E-state index contributed by atoms with van der Waals surface area (Å²) in [7, 11) is 0. The summed E-state index contributed by atoms with van der Waals surface area (Å²) in [6.45, 7) is 6.49. The molecule has 0 atom stereocenters. The summed E-state index contributed by atoms with van der Waals surface area (Å²) >= 11 is 11.9. The van der Waals surface area contributed by atoms with E-state index in [1.54, 1.807) is 39.0 Å². The third-order valence-electron chi connectivity index (χ3n) is 2.28. The number of benzene rings is 1. The first-order chi connectivity index (χ1) is 9.11. The van der Waals surface area contributed by atoms with Crippen LogP contribution in [0, 0.1) is 0 Å². The first-order valence-electron chi connectivity index (χ1n) is 6.02. The summed E-state index contributed by atoms with van der Waals surface area (Å²) in [4.78, 5) is 23.6. The van der Waals surface area contributed by atoms with E-state index in [0.717, 1.165) is 0 Å². The summed E-state index contributed by atoms with van der Waals surface area (Å²) in [5.41, 5.74) is -0.247. The lowest BCUT2D eigenvalue weighted by Crippen LogP contribution is -2.26. The molecule has 1 aromatic rings. The van der Waals surface area contributed by atoms with Crippen molar-refractivity contribution in [2.45, 2.75) is 33.3 Å². The van der Waals surface area contributed by atoms with Crippen LogP contribution >= 0.6 is 23.2 Å². The highest BCUT2D eigenvalue weighted by molar-refractivity contribution is 6.43. The highest BCUT2D eigenvalue weighted by atomic mass is 35.5. The van der Waals surface area contributed by atoms with Crippen molar-refractivity contribution in [1.29, 1.82) is 0 Å². The van der Waals surface area contributed by atoms with Gasteiger partial charge in [-0.15, -0.1) is 0 Å². The summed E-state index contributed by atoms with van der Waals surface area (Å²) in [5.74, 6) is -1.07. The summed E-state index contributed by atoms with van der Waals surface area (Å²) in [6, 6.07) is 4.98. The maximum absolute atomic E-state index is 12.0. The van der Waals surface area contributed by atoms with Crippen molar-refractivity contribution in [3.8, 4) is 0 Å². The molecule has 0 fully saturated rings.